The summed E-state index contributed by atoms with van der Waals surface area (Å²) in [5.41, 5.74) is 0. The zero-order valence-corrected chi connectivity index (χ0v) is 10.3. The van der Waals surface area contributed by atoms with Crippen LogP contribution in [0.5, 0.6) is 0 Å². The Hall–Kier alpha value is -0.910. The summed E-state index contributed by atoms with van der Waals surface area (Å²) in [6, 6.07) is -0.260. The first-order chi connectivity index (χ1) is 7.65. The molecule has 16 heavy (non-hydrogen) atoms. The number of rotatable bonds is 5. The molecule has 0 aromatic rings. The van der Waals surface area contributed by atoms with Crippen molar-refractivity contribution in [3.05, 3.63) is 0 Å². The number of thioether (sulfide) groups is 1. The smallest absolute Gasteiger partial charge is 0.317 e. The van der Waals surface area contributed by atoms with E-state index in [1.807, 2.05) is 6.26 Å². The standard InChI is InChI=1S/C10H18N2O3S/c1-16-6-4-11-10(15)12-5-2-3-8(12)7-9(13)14/h8H,2-7H2,1H3,(H,11,15)(H,13,14). The van der Waals surface area contributed by atoms with Gasteiger partial charge in [-0.05, 0) is 19.1 Å². The monoisotopic (exact) mass is 246 g/mol. The summed E-state index contributed by atoms with van der Waals surface area (Å²) in [6.07, 6.45) is 3.72. The lowest BCUT2D eigenvalue weighted by Gasteiger charge is -2.23. The molecule has 0 aromatic heterocycles. The second-order valence-electron chi connectivity index (χ2n) is 3.81. The van der Waals surface area contributed by atoms with Crippen LogP contribution in [0.4, 0.5) is 4.79 Å². The van der Waals surface area contributed by atoms with Crippen molar-refractivity contribution < 1.29 is 14.7 Å². The minimum absolute atomic E-state index is 0.0515. The van der Waals surface area contributed by atoms with Crippen LogP contribution in [0.25, 0.3) is 0 Å². The molecule has 1 aliphatic heterocycles. The third-order valence-electron chi connectivity index (χ3n) is 2.63. The Labute approximate surface area is 99.6 Å². The molecule has 1 rings (SSSR count). The molecule has 0 spiro atoms. The highest BCUT2D eigenvalue weighted by Gasteiger charge is 2.29. The molecule has 0 bridgehead atoms. The number of urea groups is 1. The van der Waals surface area contributed by atoms with Crippen LogP contribution in [0.15, 0.2) is 0 Å². The first-order valence-electron chi connectivity index (χ1n) is 5.40. The zero-order valence-electron chi connectivity index (χ0n) is 9.44. The van der Waals surface area contributed by atoms with Crippen molar-refractivity contribution in [3.63, 3.8) is 0 Å². The average molecular weight is 246 g/mol. The predicted molar refractivity (Wildman–Crippen MR) is 63.8 cm³/mol. The fourth-order valence-electron chi connectivity index (χ4n) is 1.88. The molecule has 92 valence electrons. The largest absolute Gasteiger partial charge is 0.481 e. The third kappa shape index (κ3) is 3.92. The lowest BCUT2D eigenvalue weighted by atomic mass is 10.1. The molecular formula is C10H18N2O3S. The van der Waals surface area contributed by atoms with Gasteiger partial charge in [-0.3, -0.25) is 4.79 Å². The Kier molecular flexibility index (Phi) is 5.45. The normalized spacial score (nSPS) is 19.8. The van der Waals surface area contributed by atoms with Crippen molar-refractivity contribution in [2.75, 3.05) is 25.1 Å². The fraction of sp³-hybridized carbons (Fsp3) is 0.800. The van der Waals surface area contributed by atoms with Gasteiger partial charge in [0.2, 0.25) is 0 Å². The molecule has 5 nitrogen and oxygen atoms in total. The van der Waals surface area contributed by atoms with Crippen molar-refractivity contribution >= 4 is 23.8 Å². The average Bonchev–Trinajstić information content (AvgIpc) is 2.65. The summed E-state index contributed by atoms with van der Waals surface area (Å²) in [5.74, 6) is 0.0391. The number of nitrogens with zero attached hydrogens (tertiary/aromatic N) is 1. The zero-order chi connectivity index (χ0) is 12.0. The minimum Gasteiger partial charge on any atom is -0.481 e. The summed E-state index contributed by atoms with van der Waals surface area (Å²) < 4.78 is 0. The number of aliphatic carboxylic acids is 1. The van der Waals surface area contributed by atoms with Gasteiger partial charge in [0, 0.05) is 24.9 Å². The Balaban J connectivity index is 2.38. The van der Waals surface area contributed by atoms with Crippen LogP contribution in [0.2, 0.25) is 0 Å². The first-order valence-corrected chi connectivity index (χ1v) is 6.79. The van der Waals surface area contributed by atoms with Crippen molar-refractivity contribution in [3.8, 4) is 0 Å². The Morgan fingerprint density at radius 2 is 2.31 bits per heavy atom. The molecule has 1 atom stereocenters. The molecule has 2 N–H and O–H groups in total. The van der Waals surface area contributed by atoms with E-state index in [0.717, 1.165) is 18.6 Å². The van der Waals surface area contributed by atoms with E-state index < -0.39 is 5.97 Å². The van der Waals surface area contributed by atoms with Gasteiger partial charge in [0.25, 0.3) is 0 Å². The number of carboxylic acids is 1. The van der Waals surface area contributed by atoms with E-state index in [2.05, 4.69) is 5.32 Å². The lowest BCUT2D eigenvalue weighted by Crippen LogP contribution is -2.44. The molecule has 1 heterocycles. The van der Waals surface area contributed by atoms with Crippen LogP contribution < -0.4 is 5.32 Å². The van der Waals surface area contributed by atoms with Gasteiger partial charge >= 0.3 is 12.0 Å². The molecular weight excluding hydrogens is 228 g/mol. The first kappa shape index (κ1) is 13.2. The maximum atomic E-state index is 11.7. The molecule has 0 aromatic carbocycles. The van der Waals surface area contributed by atoms with E-state index in [1.165, 1.54) is 0 Å². The van der Waals surface area contributed by atoms with Crippen LogP contribution in [-0.2, 0) is 4.79 Å². The SMILES string of the molecule is CSCCNC(=O)N1CCCC1CC(=O)O. The Morgan fingerprint density at radius 1 is 1.56 bits per heavy atom. The lowest BCUT2D eigenvalue weighted by molar-refractivity contribution is -0.137. The molecule has 0 saturated carbocycles. The maximum absolute atomic E-state index is 11.7. The molecule has 1 unspecified atom stereocenters. The van der Waals surface area contributed by atoms with E-state index in [4.69, 9.17) is 5.11 Å². The van der Waals surface area contributed by atoms with Crippen LogP contribution in [0.1, 0.15) is 19.3 Å². The van der Waals surface area contributed by atoms with E-state index in [0.29, 0.717) is 13.1 Å². The third-order valence-corrected chi connectivity index (χ3v) is 3.24. The van der Waals surface area contributed by atoms with Gasteiger partial charge in [-0.25, -0.2) is 4.79 Å². The second kappa shape index (κ2) is 6.62. The van der Waals surface area contributed by atoms with E-state index in [9.17, 15) is 9.59 Å². The van der Waals surface area contributed by atoms with Gasteiger partial charge in [-0.2, -0.15) is 11.8 Å². The van der Waals surface area contributed by atoms with Crippen LogP contribution >= 0.6 is 11.8 Å². The number of nitrogens with one attached hydrogen (secondary N) is 1. The van der Waals surface area contributed by atoms with Gasteiger partial charge in [-0.15, -0.1) is 0 Å². The number of hydrogen-bond acceptors (Lipinski definition) is 3. The van der Waals surface area contributed by atoms with Crippen LogP contribution in [-0.4, -0.2) is 53.1 Å². The van der Waals surface area contributed by atoms with Gasteiger partial charge in [-0.1, -0.05) is 0 Å². The van der Waals surface area contributed by atoms with Crippen molar-refractivity contribution in [2.24, 2.45) is 0 Å². The minimum atomic E-state index is -0.839. The molecule has 0 aliphatic carbocycles. The van der Waals surface area contributed by atoms with E-state index in [-0.39, 0.29) is 18.5 Å². The van der Waals surface area contributed by atoms with Crippen molar-refractivity contribution in [1.82, 2.24) is 10.2 Å². The number of carbonyl (C=O) groups excluding carboxylic acids is 1. The van der Waals surface area contributed by atoms with Crippen molar-refractivity contribution in [2.45, 2.75) is 25.3 Å². The van der Waals surface area contributed by atoms with Crippen molar-refractivity contribution in [1.29, 1.82) is 0 Å². The van der Waals surface area contributed by atoms with E-state index >= 15 is 0 Å². The Bertz CT molecular complexity index is 260. The molecule has 6 heteroatoms. The summed E-state index contributed by atoms with van der Waals surface area (Å²) in [7, 11) is 0. The summed E-state index contributed by atoms with van der Waals surface area (Å²) in [6.45, 7) is 1.30. The molecule has 1 fully saturated rings. The number of likely N-dealkylation sites (tertiary alicyclic amines) is 1. The molecule has 1 aliphatic rings. The summed E-state index contributed by atoms with van der Waals surface area (Å²) >= 11 is 1.67. The summed E-state index contributed by atoms with van der Waals surface area (Å²) in [5, 5.41) is 11.5. The summed E-state index contributed by atoms with van der Waals surface area (Å²) in [4.78, 5) is 24.0. The van der Waals surface area contributed by atoms with Gasteiger partial charge in [0.1, 0.15) is 0 Å². The highest BCUT2D eigenvalue weighted by Crippen LogP contribution is 2.19. The maximum Gasteiger partial charge on any atom is 0.317 e. The van der Waals surface area contributed by atoms with Gasteiger partial charge < -0.3 is 15.3 Å². The molecule has 0 radical (unpaired) electrons. The number of carboxylic acid groups (broad SMARTS) is 1. The van der Waals surface area contributed by atoms with Crippen LogP contribution in [0.3, 0.4) is 0 Å². The van der Waals surface area contributed by atoms with Gasteiger partial charge in [0.05, 0.1) is 6.42 Å². The van der Waals surface area contributed by atoms with E-state index in [1.54, 1.807) is 16.7 Å². The second-order valence-corrected chi connectivity index (χ2v) is 4.80. The quantitative estimate of drug-likeness (QED) is 0.710. The molecule has 1 saturated heterocycles. The number of amides is 2. The van der Waals surface area contributed by atoms with Crippen LogP contribution in [0, 0.1) is 0 Å². The number of hydrogen-bond donors (Lipinski definition) is 2. The Morgan fingerprint density at radius 3 is 2.94 bits per heavy atom. The fourth-order valence-corrected chi connectivity index (χ4v) is 2.18. The topological polar surface area (TPSA) is 69.6 Å². The number of carbonyl (C=O) groups is 2. The predicted octanol–water partition coefficient (Wildman–Crippen LogP) is 0.998. The highest BCUT2D eigenvalue weighted by molar-refractivity contribution is 7.98. The molecule has 2 amide bonds. The highest BCUT2D eigenvalue weighted by atomic mass is 32.2. The van der Waals surface area contributed by atoms with Gasteiger partial charge in [0.15, 0.2) is 0 Å².